The third kappa shape index (κ3) is 2.35. The molecule has 0 aliphatic rings. The van der Waals surface area contributed by atoms with Gasteiger partial charge in [-0.15, -0.1) is 0 Å². The zero-order valence-corrected chi connectivity index (χ0v) is 16.9. The monoisotopic (exact) mass is 391 g/mol. The summed E-state index contributed by atoms with van der Waals surface area (Å²) in [5.41, 5.74) is 2.46. The van der Waals surface area contributed by atoms with Crippen molar-refractivity contribution in [1.29, 1.82) is 0 Å². The molecule has 2 aromatic heterocycles. The molecule has 6 rings (SSSR count). The minimum atomic E-state index is 0.474. The Morgan fingerprint density at radius 3 is 1.87 bits per heavy atom. The van der Waals surface area contributed by atoms with Gasteiger partial charge in [0.05, 0.1) is 5.69 Å². The predicted octanol–water partition coefficient (Wildman–Crippen LogP) is 5.83. The van der Waals surface area contributed by atoms with Crippen molar-refractivity contribution in [2.45, 2.75) is 19.8 Å². The topological polar surface area (TPSA) is 38.9 Å². The fraction of sp³-hybridized carbons (Fsp3) is 0.120. The van der Waals surface area contributed by atoms with Crippen LogP contribution in [0.15, 0.2) is 86.0 Å². The van der Waals surface area contributed by atoms with Crippen LogP contribution in [0.4, 0.5) is 5.69 Å². The summed E-state index contributed by atoms with van der Waals surface area (Å²) in [6.07, 6.45) is 11.1. The van der Waals surface area contributed by atoms with Gasteiger partial charge in [0.2, 0.25) is 0 Å². The Balaban J connectivity index is 1.73. The number of hydrogen-bond donors (Lipinski definition) is 0. The molecule has 146 valence electrons. The number of rotatable bonds is 4. The van der Waals surface area contributed by atoms with E-state index in [1.54, 1.807) is 25.0 Å². The van der Waals surface area contributed by atoms with Crippen LogP contribution in [0.3, 0.4) is 0 Å². The minimum absolute atomic E-state index is 0.474. The zero-order chi connectivity index (χ0) is 20.2. The van der Waals surface area contributed by atoms with Crippen molar-refractivity contribution < 1.29 is 0 Å². The molecular formula is C25H21N5. The molecule has 0 unspecified atom stereocenters. The van der Waals surface area contributed by atoms with Crippen LogP contribution >= 0.6 is 0 Å². The molecule has 0 saturated carbocycles. The summed E-state index contributed by atoms with van der Waals surface area (Å²) in [5.74, 6) is 0.474. The number of benzene rings is 4. The van der Waals surface area contributed by atoms with Gasteiger partial charge in [0.25, 0.3) is 0 Å². The molecule has 0 radical (unpaired) electrons. The van der Waals surface area contributed by atoms with Gasteiger partial charge in [-0.25, -0.2) is 19.3 Å². The highest BCUT2D eigenvalue weighted by Crippen LogP contribution is 2.41. The lowest BCUT2D eigenvalue weighted by atomic mass is 9.88. The first kappa shape index (κ1) is 17.0. The largest absolute Gasteiger partial charge is 0.243 e. The third-order valence-corrected chi connectivity index (χ3v) is 5.93. The smallest absolute Gasteiger partial charge is 0.116 e. The van der Waals surface area contributed by atoms with E-state index in [0.29, 0.717) is 5.92 Å². The lowest BCUT2D eigenvalue weighted by Crippen LogP contribution is -2.33. The van der Waals surface area contributed by atoms with E-state index in [1.807, 2.05) is 21.7 Å². The molecule has 6 aromatic rings. The molecule has 0 aliphatic heterocycles. The quantitative estimate of drug-likeness (QED) is 0.355. The molecular weight excluding hydrogens is 370 g/mol. The van der Waals surface area contributed by atoms with Crippen LogP contribution in [0.25, 0.3) is 32.3 Å². The molecule has 0 amide bonds. The van der Waals surface area contributed by atoms with Gasteiger partial charge >= 0.3 is 0 Å². The number of nitrogens with zero attached hydrogens (tertiary/aromatic N) is 5. The summed E-state index contributed by atoms with van der Waals surface area (Å²) in [7, 11) is 0. The predicted molar refractivity (Wildman–Crippen MR) is 122 cm³/mol. The summed E-state index contributed by atoms with van der Waals surface area (Å²) >= 11 is 0. The van der Waals surface area contributed by atoms with Crippen LogP contribution in [-0.4, -0.2) is 19.3 Å². The standard InChI is InChI=1S/C25H21N5/c1-17(2)20-7-3-18-5-9-22-23(10-6-19-4-8-21(20)24(18)25(19)22)30(28-13-11-26-15-28)29-14-12-27-16-29/h3-17H,1-2H3. The van der Waals surface area contributed by atoms with Crippen molar-refractivity contribution in [3.63, 3.8) is 0 Å². The zero-order valence-electron chi connectivity index (χ0n) is 16.9. The summed E-state index contributed by atoms with van der Waals surface area (Å²) in [6, 6.07) is 17.9. The first-order chi connectivity index (χ1) is 14.7. The SMILES string of the molecule is CC(C)c1ccc2ccc3c(N(n4ccnc4)n4ccnc4)ccc4ccc1c2c43. The highest BCUT2D eigenvalue weighted by Gasteiger charge is 2.18. The molecule has 0 saturated heterocycles. The van der Waals surface area contributed by atoms with E-state index in [2.05, 4.69) is 77.5 Å². The molecule has 5 heteroatoms. The maximum Gasteiger partial charge on any atom is 0.116 e. The molecule has 4 aromatic carbocycles. The molecule has 2 heterocycles. The Morgan fingerprint density at radius 1 is 0.700 bits per heavy atom. The maximum absolute atomic E-state index is 4.26. The molecule has 0 atom stereocenters. The minimum Gasteiger partial charge on any atom is -0.243 e. The average molecular weight is 391 g/mol. The van der Waals surface area contributed by atoms with Crippen molar-refractivity contribution >= 4 is 38.0 Å². The van der Waals surface area contributed by atoms with Crippen molar-refractivity contribution in [3.8, 4) is 0 Å². The van der Waals surface area contributed by atoms with Crippen LogP contribution in [-0.2, 0) is 0 Å². The average Bonchev–Trinajstić information content (AvgIpc) is 3.48. The Hall–Kier alpha value is -3.86. The molecule has 0 bridgehead atoms. The van der Waals surface area contributed by atoms with Crippen molar-refractivity contribution in [2.24, 2.45) is 0 Å². The number of hydrogen-bond acceptors (Lipinski definition) is 3. The van der Waals surface area contributed by atoms with E-state index >= 15 is 0 Å². The maximum atomic E-state index is 4.26. The van der Waals surface area contributed by atoms with Crippen LogP contribution in [0, 0.1) is 0 Å². The van der Waals surface area contributed by atoms with Crippen molar-refractivity contribution in [2.75, 3.05) is 5.12 Å². The highest BCUT2D eigenvalue weighted by molar-refractivity contribution is 6.25. The van der Waals surface area contributed by atoms with Gasteiger partial charge < -0.3 is 0 Å². The third-order valence-electron chi connectivity index (χ3n) is 5.93. The van der Waals surface area contributed by atoms with Gasteiger partial charge in [0.1, 0.15) is 12.7 Å². The Bertz CT molecular complexity index is 1430. The molecule has 30 heavy (non-hydrogen) atoms. The molecule has 5 nitrogen and oxygen atoms in total. The Morgan fingerprint density at radius 2 is 1.27 bits per heavy atom. The molecule has 0 aliphatic carbocycles. The number of imidazole rings is 2. The van der Waals surface area contributed by atoms with Crippen molar-refractivity contribution in [3.05, 3.63) is 91.5 Å². The van der Waals surface area contributed by atoms with Crippen LogP contribution < -0.4 is 5.12 Å². The first-order valence-corrected chi connectivity index (χ1v) is 10.2. The van der Waals surface area contributed by atoms with E-state index < -0.39 is 0 Å². The Kier molecular flexibility index (Phi) is 3.59. The summed E-state index contributed by atoms with van der Waals surface area (Å²) in [6.45, 7) is 4.52. The fourth-order valence-corrected chi connectivity index (χ4v) is 4.58. The normalized spacial score (nSPS) is 12.0. The van der Waals surface area contributed by atoms with Gasteiger partial charge in [-0.1, -0.05) is 56.3 Å². The van der Waals surface area contributed by atoms with Gasteiger partial charge in [-0.05, 0) is 44.5 Å². The summed E-state index contributed by atoms with van der Waals surface area (Å²) in [4.78, 5) is 8.52. The number of aromatic nitrogens is 4. The van der Waals surface area contributed by atoms with Crippen LogP contribution in [0.2, 0.25) is 0 Å². The molecule has 0 fully saturated rings. The lowest BCUT2D eigenvalue weighted by molar-refractivity contribution is 0.606. The van der Waals surface area contributed by atoms with Gasteiger partial charge in [0, 0.05) is 30.2 Å². The first-order valence-electron chi connectivity index (χ1n) is 10.2. The van der Waals surface area contributed by atoms with Gasteiger partial charge in [-0.2, -0.15) is 5.12 Å². The van der Waals surface area contributed by atoms with E-state index in [4.69, 9.17) is 0 Å². The van der Waals surface area contributed by atoms with E-state index in [-0.39, 0.29) is 0 Å². The second-order valence-electron chi connectivity index (χ2n) is 7.99. The number of anilines is 1. The van der Waals surface area contributed by atoms with E-state index in [1.165, 1.54) is 37.9 Å². The summed E-state index contributed by atoms with van der Waals surface area (Å²) < 4.78 is 3.93. The van der Waals surface area contributed by atoms with Crippen LogP contribution in [0.5, 0.6) is 0 Å². The molecule has 0 N–H and O–H groups in total. The van der Waals surface area contributed by atoms with Crippen molar-refractivity contribution in [1.82, 2.24) is 19.3 Å². The Labute approximate surface area is 174 Å². The lowest BCUT2D eigenvalue weighted by Gasteiger charge is -2.28. The van der Waals surface area contributed by atoms with Crippen LogP contribution in [0.1, 0.15) is 25.3 Å². The fourth-order valence-electron chi connectivity index (χ4n) is 4.58. The van der Waals surface area contributed by atoms with E-state index in [9.17, 15) is 0 Å². The second kappa shape index (κ2) is 6.32. The van der Waals surface area contributed by atoms with Gasteiger partial charge in [0.15, 0.2) is 0 Å². The highest BCUT2D eigenvalue weighted by atomic mass is 15.8. The van der Waals surface area contributed by atoms with E-state index in [0.717, 1.165) is 5.69 Å². The summed E-state index contributed by atoms with van der Waals surface area (Å²) in [5, 5.41) is 9.80. The second-order valence-corrected chi connectivity index (χ2v) is 7.99. The van der Waals surface area contributed by atoms with Gasteiger partial charge in [-0.3, -0.25) is 0 Å². The molecule has 0 spiro atoms.